The summed E-state index contributed by atoms with van der Waals surface area (Å²) in [5, 5.41) is 13.9. The number of fused-ring (bicyclic) bond motifs is 2. The van der Waals surface area contributed by atoms with Gasteiger partial charge in [0.2, 0.25) is 5.95 Å². The van der Waals surface area contributed by atoms with Crippen molar-refractivity contribution < 1.29 is 19.2 Å². The fourth-order valence-electron chi connectivity index (χ4n) is 5.75. The molecule has 0 radical (unpaired) electrons. The van der Waals surface area contributed by atoms with Gasteiger partial charge < -0.3 is 19.3 Å². The Hall–Kier alpha value is -3.26. The molecule has 35 heavy (non-hydrogen) atoms. The van der Waals surface area contributed by atoms with E-state index in [1.165, 1.54) is 11.6 Å². The third-order valence-electron chi connectivity index (χ3n) is 7.61. The second-order valence-corrected chi connectivity index (χ2v) is 10.2. The summed E-state index contributed by atoms with van der Waals surface area (Å²) in [5.41, 5.74) is 4.99. The lowest BCUT2D eigenvalue weighted by molar-refractivity contribution is 0.0144. The monoisotopic (exact) mass is 474 g/mol. The zero-order valence-electron chi connectivity index (χ0n) is 20.1. The zero-order valence-corrected chi connectivity index (χ0v) is 20.1. The fourth-order valence-corrected chi connectivity index (χ4v) is 5.75. The fraction of sp³-hybridized carbons (Fsp3) is 0.481. The summed E-state index contributed by atoms with van der Waals surface area (Å²) in [6, 6.07) is 10.3. The molecule has 1 aromatic carbocycles. The highest BCUT2D eigenvalue weighted by molar-refractivity contribution is 5.85. The van der Waals surface area contributed by atoms with E-state index in [1.54, 1.807) is 0 Å². The summed E-state index contributed by atoms with van der Waals surface area (Å²) in [6.45, 7) is 4.41. The number of nitrogens with zero attached hydrogens (tertiary/aromatic N) is 4. The number of aryl methyl sites for hydroxylation is 2. The smallest absolute Gasteiger partial charge is 0.354 e. The van der Waals surface area contributed by atoms with Crippen molar-refractivity contribution in [3.8, 4) is 11.3 Å². The first-order valence-corrected chi connectivity index (χ1v) is 12.5. The van der Waals surface area contributed by atoms with E-state index < -0.39 is 5.97 Å². The average molecular weight is 475 g/mol. The van der Waals surface area contributed by atoms with Crippen LogP contribution in [-0.4, -0.2) is 44.4 Å². The van der Waals surface area contributed by atoms with E-state index in [4.69, 9.17) is 9.26 Å². The van der Waals surface area contributed by atoms with Crippen LogP contribution in [0.3, 0.4) is 0 Å². The Labute approximate surface area is 204 Å². The molecule has 0 spiro atoms. The highest BCUT2D eigenvalue weighted by Gasteiger charge is 2.43. The maximum atomic E-state index is 11.5. The molecule has 2 unspecified atom stereocenters. The quantitative estimate of drug-likeness (QED) is 0.508. The number of piperidine rings is 1. The molecule has 2 saturated heterocycles. The number of carboxylic acids is 1. The highest BCUT2D eigenvalue weighted by Crippen LogP contribution is 2.45. The second-order valence-electron chi connectivity index (χ2n) is 10.2. The van der Waals surface area contributed by atoms with Crippen molar-refractivity contribution in [2.75, 3.05) is 4.90 Å². The van der Waals surface area contributed by atoms with E-state index in [1.807, 2.05) is 19.1 Å². The molecule has 8 heteroatoms. The Bertz CT molecular complexity index is 1250. The third kappa shape index (κ3) is 4.20. The normalized spacial score (nSPS) is 23.6. The van der Waals surface area contributed by atoms with Crippen molar-refractivity contribution in [3.63, 3.8) is 0 Å². The van der Waals surface area contributed by atoms with Gasteiger partial charge in [-0.15, -0.1) is 0 Å². The number of ether oxygens (including phenoxy) is 1. The topological polar surface area (TPSA) is 102 Å². The molecule has 4 heterocycles. The lowest BCUT2D eigenvalue weighted by Gasteiger charge is -2.39. The van der Waals surface area contributed by atoms with E-state index in [0.717, 1.165) is 61.1 Å². The number of carbonyl (C=O) groups is 1. The molecule has 3 fully saturated rings. The van der Waals surface area contributed by atoms with Crippen LogP contribution in [-0.2, 0) is 11.3 Å². The molecule has 1 N–H and O–H groups in total. The van der Waals surface area contributed by atoms with Crippen molar-refractivity contribution in [2.24, 2.45) is 0 Å². The number of carboxylic acid groups (broad SMARTS) is 1. The summed E-state index contributed by atoms with van der Waals surface area (Å²) >= 11 is 0. The summed E-state index contributed by atoms with van der Waals surface area (Å²) in [4.78, 5) is 22.7. The van der Waals surface area contributed by atoms with Crippen LogP contribution in [0.25, 0.3) is 11.3 Å². The molecular formula is C27H30N4O4. The lowest BCUT2D eigenvalue weighted by Crippen LogP contribution is -2.46. The van der Waals surface area contributed by atoms with Crippen molar-refractivity contribution in [3.05, 3.63) is 58.6 Å². The van der Waals surface area contributed by atoms with Crippen LogP contribution in [0.2, 0.25) is 0 Å². The summed E-state index contributed by atoms with van der Waals surface area (Å²) < 4.78 is 12.4. The largest absolute Gasteiger partial charge is 0.477 e. The molecule has 2 atom stereocenters. The van der Waals surface area contributed by atoms with Gasteiger partial charge in [0.15, 0.2) is 5.69 Å². The van der Waals surface area contributed by atoms with Gasteiger partial charge >= 0.3 is 5.97 Å². The Morgan fingerprint density at radius 3 is 2.54 bits per heavy atom. The first kappa shape index (κ1) is 22.2. The van der Waals surface area contributed by atoms with Crippen molar-refractivity contribution >= 4 is 11.9 Å². The molecule has 3 aromatic rings. The third-order valence-corrected chi connectivity index (χ3v) is 7.61. The molecule has 182 valence electrons. The van der Waals surface area contributed by atoms with Gasteiger partial charge in [0.05, 0.1) is 12.7 Å². The SMILES string of the molecule is Cc1cc(C(=O)O)nc(N2C3CCC2CC(OCc2c(-c4ccccc4C)noc2C2CC2)C3)n1. The minimum Gasteiger partial charge on any atom is -0.477 e. The van der Waals surface area contributed by atoms with Crippen LogP contribution in [0.4, 0.5) is 5.95 Å². The van der Waals surface area contributed by atoms with Gasteiger partial charge in [-0.25, -0.2) is 14.8 Å². The standard InChI is InChI=1S/C27H30N4O4/c1-15-5-3-4-6-21(15)24-22(25(35-30-24)17-7-8-17)14-34-20-12-18-9-10-19(13-20)31(18)27-28-16(2)11-23(29-27)26(32)33/h3-6,11,17-20H,7-10,12-14H2,1-2H3,(H,32,33). The molecular weight excluding hydrogens is 444 g/mol. The van der Waals surface area contributed by atoms with Crippen molar-refractivity contribution in [1.29, 1.82) is 0 Å². The number of aromatic nitrogens is 3. The predicted octanol–water partition coefficient (Wildman–Crippen LogP) is 5.04. The molecule has 2 aromatic heterocycles. The number of anilines is 1. The van der Waals surface area contributed by atoms with Gasteiger partial charge in [0.25, 0.3) is 0 Å². The van der Waals surface area contributed by atoms with Crippen LogP contribution in [0.15, 0.2) is 34.9 Å². The molecule has 2 bridgehead atoms. The zero-order chi connectivity index (χ0) is 24.1. The van der Waals surface area contributed by atoms with Crippen molar-refractivity contribution in [2.45, 2.75) is 83.1 Å². The maximum Gasteiger partial charge on any atom is 0.354 e. The van der Waals surface area contributed by atoms with Crippen LogP contribution in [0.1, 0.15) is 77.5 Å². The number of hydrogen-bond acceptors (Lipinski definition) is 7. The van der Waals surface area contributed by atoms with E-state index in [-0.39, 0.29) is 23.9 Å². The predicted molar refractivity (Wildman–Crippen MR) is 129 cm³/mol. The number of aromatic carboxylic acids is 1. The summed E-state index contributed by atoms with van der Waals surface area (Å²) in [5.74, 6) is 0.953. The van der Waals surface area contributed by atoms with Crippen molar-refractivity contribution in [1.82, 2.24) is 15.1 Å². The number of benzene rings is 1. The lowest BCUT2D eigenvalue weighted by atomic mass is 9.99. The van der Waals surface area contributed by atoms with Gasteiger partial charge in [-0.1, -0.05) is 29.4 Å². The molecule has 0 amide bonds. The molecule has 8 nitrogen and oxygen atoms in total. The maximum absolute atomic E-state index is 11.5. The average Bonchev–Trinajstić information content (AvgIpc) is 3.54. The van der Waals surface area contributed by atoms with Gasteiger partial charge in [-0.05, 0) is 64.0 Å². The summed E-state index contributed by atoms with van der Waals surface area (Å²) in [6.07, 6.45) is 6.25. The molecule has 1 aliphatic carbocycles. The minimum atomic E-state index is -1.02. The first-order valence-electron chi connectivity index (χ1n) is 12.5. The van der Waals surface area contributed by atoms with E-state index in [2.05, 4.69) is 39.1 Å². The number of rotatable bonds is 7. The van der Waals surface area contributed by atoms with Crippen LogP contribution < -0.4 is 4.90 Å². The first-order chi connectivity index (χ1) is 17.0. The van der Waals surface area contributed by atoms with E-state index in [9.17, 15) is 9.90 Å². The molecule has 2 aliphatic heterocycles. The highest BCUT2D eigenvalue weighted by atomic mass is 16.5. The van der Waals surface area contributed by atoms with Crippen LogP contribution >= 0.6 is 0 Å². The van der Waals surface area contributed by atoms with Gasteiger partial charge in [0, 0.05) is 34.8 Å². The van der Waals surface area contributed by atoms with Crippen LogP contribution in [0.5, 0.6) is 0 Å². The Morgan fingerprint density at radius 2 is 1.86 bits per heavy atom. The number of hydrogen-bond donors (Lipinski definition) is 1. The Balaban J connectivity index is 1.20. The van der Waals surface area contributed by atoms with Gasteiger partial charge in [-0.2, -0.15) is 0 Å². The van der Waals surface area contributed by atoms with Gasteiger partial charge in [0.1, 0.15) is 11.5 Å². The van der Waals surface area contributed by atoms with E-state index in [0.29, 0.717) is 24.2 Å². The molecule has 6 rings (SSSR count). The Morgan fingerprint density at radius 1 is 1.11 bits per heavy atom. The van der Waals surface area contributed by atoms with Crippen LogP contribution in [0, 0.1) is 13.8 Å². The second kappa shape index (κ2) is 8.75. The van der Waals surface area contributed by atoms with Gasteiger partial charge in [-0.3, -0.25) is 0 Å². The minimum absolute atomic E-state index is 0.0501. The summed E-state index contributed by atoms with van der Waals surface area (Å²) in [7, 11) is 0. The molecule has 3 aliphatic rings. The van der Waals surface area contributed by atoms with E-state index >= 15 is 0 Å². The molecule has 1 saturated carbocycles. The Kier molecular flexibility index (Phi) is 5.56.